The van der Waals surface area contributed by atoms with Crippen LogP contribution in [0.4, 0.5) is 0 Å². The van der Waals surface area contributed by atoms with Crippen LogP contribution in [0.25, 0.3) is 10.8 Å². The maximum Gasteiger partial charge on any atom is 0.127 e. The Kier molecular flexibility index (Phi) is 4.10. The van der Waals surface area contributed by atoms with Gasteiger partial charge in [-0.25, -0.2) is 0 Å². The molecule has 0 bridgehead atoms. The van der Waals surface area contributed by atoms with Crippen molar-refractivity contribution in [2.75, 3.05) is 0 Å². The fourth-order valence-corrected chi connectivity index (χ4v) is 3.37. The van der Waals surface area contributed by atoms with Crippen LogP contribution < -0.4 is 4.74 Å². The Morgan fingerprint density at radius 3 is 2.71 bits per heavy atom. The number of benzene rings is 2. The molecule has 0 spiro atoms. The SMILES string of the molecule is CCC1CCCC(Oc2ccc(C#N)c3ccccc23)C1. The predicted octanol–water partition coefficient (Wildman–Crippen LogP) is 5.06. The first kappa shape index (κ1) is 13.9. The summed E-state index contributed by atoms with van der Waals surface area (Å²) in [6.07, 6.45) is 6.46. The highest BCUT2D eigenvalue weighted by Crippen LogP contribution is 2.33. The van der Waals surface area contributed by atoms with Gasteiger partial charge in [-0.2, -0.15) is 5.26 Å². The lowest BCUT2D eigenvalue weighted by Crippen LogP contribution is -2.25. The highest BCUT2D eigenvalue weighted by molar-refractivity contribution is 5.92. The minimum atomic E-state index is 0.319. The number of hydrogen-bond donors (Lipinski definition) is 0. The van der Waals surface area contributed by atoms with Crippen molar-refractivity contribution in [1.82, 2.24) is 0 Å². The topological polar surface area (TPSA) is 33.0 Å². The molecule has 0 aliphatic heterocycles. The average molecular weight is 279 g/mol. The number of nitrogens with zero attached hydrogens (tertiary/aromatic N) is 1. The molecule has 2 atom stereocenters. The van der Waals surface area contributed by atoms with E-state index in [1.165, 1.54) is 19.3 Å². The van der Waals surface area contributed by atoms with Crippen molar-refractivity contribution in [3.8, 4) is 11.8 Å². The molecule has 21 heavy (non-hydrogen) atoms. The lowest BCUT2D eigenvalue weighted by molar-refractivity contribution is 0.123. The third kappa shape index (κ3) is 2.88. The summed E-state index contributed by atoms with van der Waals surface area (Å²) in [6.45, 7) is 2.27. The number of nitriles is 1. The molecule has 2 aromatic rings. The molecule has 108 valence electrons. The fraction of sp³-hybridized carbons (Fsp3) is 0.421. The molecule has 1 aliphatic carbocycles. The zero-order valence-electron chi connectivity index (χ0n) is 12.5. The van der Waals surface area contributed by atoms with Gasteiger partial charge in [0.1, 0.15) is 5.75 Å². The van der Waals surface area contributed by atoms with Crippen LogP contribution in [-0.2, 0) is 0 Å². The summed E-state index contributed by atoms with van der Waals surface area (Å²) in [5, 5.41) is 11.3. The highest BCUT2D eigenvalue weighted by Gasteiger charge is 2.22. The molecular weight excluding hydrogens is 258 g/mol. The molecule has 2 heteroatoms. The first-order valence-electron chi connectivity index (χ1n) is 7.90. The normalized spacial score (nSPS) is 21.9. The van der Waals surface area contributed by atoms with E-state index in [2.05, 4.69) is 13.0 Å². The van der Waals surface area contributed by atoms with Crippen LogP contribution in [0.2, 0.25) is 0 Å². The van der Waals surface area contributed by atoms with Gasteiger partial charge in [0, 0.05) is 10.8 Å². The lowest BCUT2D eigenvalue weighted by Gasteiger charge is -2.29. The van der Waals surface area contributed by atoms with E-state index in [0.29, 0.717) is 11.7 Å². The Morgan fingerprint density at radius 1 is 1.14 bits per heavy atom. The predicted molar refractivity (Wildman–Crippen MR) is 85.3 cm³/mol. The summed E-state index contributed by atoms with van der Waals surface area (Å²) < 4.78 is 6.29. The fourth-order valence-electron chi connectivity index (χ4n) is 3.37. The van der Waals surface area contributed by atoms with Crippen LogP contribution in [0.3, 0.4) is 0 Å². The van der Waals surface area contributed by atoms with Gasteiger partial charge in [0.15, 0.2) is 0 Å². The monoisotopic (exact) mass is 279 g/mol. The maximum absolute atomic E-state index is 9.22. The Morgan fingerprint density at radius 2 is 1.95 bits per heavy atom. The van der Waals surface area contributed by atoms with Crippen LogP contribution in [-0.4, -0.2) is 6.10 Å². The molecule has 1 fully saturated rings. The van der Waals surface area contributed by atoms with Gasteiger partial charge in [0.05, 0.1) is 17.7 Å². The molecule has 0 saturated heterocycles. The van der Waals surface area contributed by atoms with E-state index in [4.69, 9.17) is 4.74 Å². The Balaban J connectivity index is 1.89. The minimum absolute atomic E-state index is 0.319. The molecule has 0 heterocycles. The van der Waals surface area contributed by atoms with Crippen molar-refractivity contribution in [3.63, 3.8) is 0 Å². The minimum Gasteiger partial charge on any atom is -0.490 e. The first-order chi connectivity index (χ1) is 10.3. The number of fused-ring (bicyclic) bond motifs is 1. The molecule has 1 aliphatic rings. The summed E-state index contributed by atoms with van der Waals surface area (Å²) in [5.41, 5.74) is 0.716. The van der Waals surface area contributed by atoms with Crippen molar-refractivity contribution in [1.29, 1.82) is 5.26 Å². The molecular formula is C19H21NO. The lowest BCUT2D eigenvalue weighted by atomic mass is 9.85. The van der Waals surface area contributed by atoms with E-state index in [-0.39, 0.29) is 0 Å². The van der Waals surface area contributed by atoms with Gasteiger partial charge in [0.2, 0.25) is 0 Å². The molecule has 2 nitrogen and oxygen atoms in total. The Bertz CT molecular complexity index is 671. The molecule has 0 aromatic heterocycles. The van der Waals surface area contributed by atoms with Crippen molar-refractivity contribution in [3.05, 3.63) is 42.0 Å². The summed E-state index contributed by atoms with van der Waals surface area (Å²) in [4.78, 5) is 0. The van der Waals surface area contributed by atoms with E-state index in [0.717, 1.165) is 35.3 Å². The highest BCUT2D eigenvalue weighted by atomic mass is 16.5. The van der Waals surface area contributed by atoms with Gasteiger partial charge < -0.3 is 4.74 Å². The van der Waals surface area contributed by atoms with E-state index < -0.39 is 0 Å². The van der Waals surface area contributed by atoms with Crippen LogP contribution >= 0.6 is 0 Å². The van der Waals surface area contributed by atoms with Gasteiger partial charge in [0.25, 0.3) is 0 Å². The second-order valence-electron chi connectivity index (χ2n) is 5.95. The van der Waals surface area contributed by atoms with Gasteiger partial charge in [-0.15, -0.1) is 0 Å². The zero-order chi connectivity index (χ0) is 14.7. The molecule has 2 unspecified atom stereocenters. The second-order valence-corrected chi connectivity index (χ2v) is 5.95. The zero-order valence-corrected chi connectivity index (χ0v) is 12.5. The molecule has 0 amide bonds. The van der Waals surface area contributed by atoms with Gasteiger partial charge in [-0.3, -0.25) is 0 Å². The van der Waals surface area contributed by atoms with E-state index >= 15 is 0 Å². The van der Waals surface area contributed by atoms with Gasteiger partial charge >= 0.3 is 0 Å². The van der Waals surface area contributed by atoms with Crippen LogP contribution in [0, 0.1) is 17.2 Å². The standard InChI is InChI=1S/C19H21NO/c1-2-14-6-5-7-16(12-14)21-19-11-10-15(13-20)17-8-3-4-9-18(17)19/h3-4,8-11,14,16H,2,5-7,12H2,1H3. The largest absolute Gasteiger partial charge is 0.490 e. The van der Waals surface area contributed by atoms with Crippen LogP contribution in [0.5, 0.6) is 5.75 Å². The molecule has 0 N–H and O–H groups in total. The van der Waals surface area contributed by atoms with Crippen molar-refractivity contribution < 1.29 is 4.74 Å². The van der Waals surface area contributed by atoms with Gasteiger partial charge in [-0.1, -0.05) is 44.0 Å². The number of rotatable bonds is 3. The third-order valence-corrected chi connectivity index (χ3v) is 4.61. The molecule has 3 rings (SSSR count). The third-order valence-electron chi connectivity index (χ3n) is 4.61. The van der Waals surface area contributed by atoms with Crippen LogP contribution in [0.15, 0.2) is 36.4 Å². The van der Waals surface area contributed by atoms with E-state index in [1.807, 2.05) is 36.4 Å². The smallest absolute Gasteiger partial charge is 0.127 e. The molecule has 0 radical (unpaired) electrons. The average Bonchev–Trinajstić information content (AvgIpc) is 2.55. The first-order valence-corrected chi connectivity index (χ1v) is 7.90. The van der Waals surface area contributed by atoms with E-state index in [1.54, 1.807) is 0 Å². The Hall–Kier alpha value is -2.01. The summed E-state index contributed by atoms with van der Waals surface area (Å²) in [7, 11) is 0. The molecule has 2 aromatic carbocycles. The number of hydrogen-bond acceptors (Lipinski definition) is 2. The summed E-state index contributed by atoms with van der Waals surface area (Å²) in [6, 6.07) is 14.1. The number of ether oxygens (including phenoxy) is 1. The van der Waals surface area contributed by atoms with E-state index in [9.17, 15) is 5.26 Å². The van der Waals surface area contributed by atoms with Crippen molar-refractivity contribution >= 4 is 10.8 Å². The summed E-state index contributed by atoms with van der Waals surface area (Å²) in [5.74, 6) is 1.72. The quantitative estimate of drug-likeness (QED) is 0.786. The van der Waals surface area contributed by atoms with Crippen molar-refractivity contribution in [2.24, 2.45) is 5.92 Å². The van der Waals surface area contributed by atoms with Crippen LogP contribution in [0.1, 0.15) is 44.6 Å². The van der Waals surface area contributed by atoms with Gasteiger partial charge in [-0.05, 0) is 37.3 Å². The summed E-state index contributed by atoms with van der Waals surface area (Å²) >= 11 is 0. The maximum atomic E-state index is 9.22. The van der Waals surface area contributed by atoms with Crippen molar-refractivity contribution in [2.45, 2.75) is 45.1 Å². The Labute approximate surface area is 126 Å². The molecule has 1 saturated carbocycles. The second kappa shape index (κ2) is 6.18.